The van der Waals surface area contributed by atoms with Crippen LogP contribution < -0.4 is 0 Å². The highest BCUT2D eigenvalue weighted by Crippen LogP contribution is 2.24. The predicted octanol–water partition coefficient (Wildman–Crippen LogP) is 1.83. The summed E-state index contributed by atoms with van der Waals surface area (Å²) in [6, 6.07) is 3.95. The van der Waals surface area contributed by atoms with Gasteiger partial charge in [-0.1, -0.05) is 6.42 Å². The Morgan fingerprint density at radius 1 is 1.39 bits per heavy atom. The molecule has 1 aromatic heterocycles. The molecule has 0 amide bonds. The predicted molar refractivity (Wildman–Crippen MR) is 70.4 cm³/mol. The van der Waals surface area contributed by atoms with Gasteiger partial charge in [0.05, 0.1) is 5.69 Å². The molecule has 0 saturated carbocycles. The first-order chi connectivity index (χ1) is 8.70. The molecule has 0 bridgehead atoms. The molecule has 0 aromatic carbocycles. The molecule has 2 rings (SSSR count). The Kier molecular flexibility index (Phi) is 4.55. The normalized spacial score (nSPS) is 21.1. The third-order valence-corrected chi connectivity index (χ3v) is 3.65. The van der Waals surface area contributed by atoms with E-state index >= 15 is 0 Å². The fourth-order valence-electron chi connectivity index (χ4n) is 2.66. The zero-order valence-electron chi connectivity index (χ0n) is 11.0. The first-order valence-corrected chi connectivity index (χ1v) is 6.71. The molecule has 1 fully saturated rings. The van der Waals surface area contributed by atoms with Crippen molar-refractivity contribution in [3.05, 3.63) is 23.5 Å². The van der Waals surface area contributed by atoms with Gasteiger partial charge in [0.1, 0.15) is 5.75 Å². The van der Waals surface area contributed by atoms with Crippen LogP contribution in [0.1, 0.15) is 37.1 Å². The molecule has 1 aromatic rings. The van der Waals surface area contributed by atoms with Crippen molar-refractivity contribution in [3.8, 4) is 5.75 Å². The van der Waals surface area contributed by atoms with Crippen LogP contribution in [0.4, 0.5) is 0 Å². The van der Waals surface area contributed by atoms with Gasteiger partial charge in [0, 0.05) is 24.9 Å². The van der Waals surface area contributed by atoms with Crippen molar-refractivity contribution in [2.24, 2.45) is 0 Å². The summed E-state index contributed by atoms with van der Waals surface area (Å²) in [5.41, 5.74) is 1.68. The van der Waals surface area contributed by atoms with Gasteiger partial charge < -0.3 is 10.2 Å². The highest BCUT2D eigenvalue weighted by Gasteiger charge is 2.23. The van der Waals surface area contributed by atoms with Gasteiger partial charge in [0.15, 0.2) is 0 Å². The highest BCUT2D eigenvalue weighted by atomic mass is 16.3. The molecule has 1 aliphatic heterocycles. The third kappa shape index (κ3) is 3.21. The van der Waals surface area contributed by atoms with Crippen molar-refractivity contribution in [3.63, 3.8) is 0 Å². The highest BCUT2D eigenvalue weighted by molar-refractivity contribution is 5.27. The Morgan fingerprint density at radius 3 is 3.00 bits per heavy atom. The van der Waals surface area contributed by atoms with Crippen LogP contribution >= 0.6 is 0 Å². The summed E-state index contributed by atoms with van der Waals surface area (Å²) in [6.45, 7) is 3.87. The number of rotatable bonds is 4. The number of aliphatic hydroxyl groups is 1. The molecule has 2 heterocycles. The minimum Gasteiger partial charge on any atom is -0.506 e. The third-order valence-electron chi connectivity index (χ3n) is 3.65. The maximum atomic E-state index is 9.84. The van der Waals surface area contributed by atoms with Crippen LogP contribution in [-0.4, -0.2) is 39.3 Å². The number of piperidine rings is 1. The van der Waals surface area contributed by atoms with Crippen LogP contribution in [-0.2, 0) is 6.54 Å². The molecule has 0 aliphatic carbocycles. The second-order valence-corrected chi connectivity index (χ2v) is 5.05. The van der Waals surface area contributed by atoms with Crippen LogP contribution in [0, 0.1) is 6.92 Å². The quantitative estimate of drug-likeness (QED) is 0.856. The number of aromatic nitrogens is 1. The van der Waals surface area contributed by atoms with E-state index in [4.69, 9.17) is 5.11 Å². The van der Waals surface area contributed by atoms with E-state index < -0.39 is 0 Å². The van der Waals surface area contributed by atoms with E-state index in [2.05, 4.69) is 9.88 Å². The maximum Gasteiger partial charge on any atom is 0.138 e. The van der Waals surface area contributed by atoms with Gasteiger partial charge in [0.25, 0.3) is 0 Å². The number of likely N-dealkylation sites (tertiary alicyclic amines) is 1. The first-order valence-electron chi connectivity index (χ1n) is 6.71. The van der Waals surface area contributed by atoms with E-state index in [9.17, 15) is 5.11 Å². The number of nitrogens with zero attached hydrogens (tertiary/aromatic N) is 2. The Morgan fingerprint density at radius 2 is 2.22 bits per heavy atom. The molecule has 1 aliphatic rings. The molecular weight excluding hydrogens is 228 g/mol. The molecule has 4 heteroatoms. The first kappa shape index (κ1) is 13.3. The number of pyridine rings is 1. The molecule has 1 unspecified atom stereocenters. The van der Waals surface area contributed by atoms with Crippen LogP contribution in [0.3, 0.4) is 0 Å². The van der Waals surface area contributed by atoms with E-state index in [1.54, 1.807) is 6.07 Å². The number of hydrogen-bond acceptors (Lipinski definition) is 4. The lowest BCUT2D eigenvalue weighted by Crippen LogP contribution is -2.39. The lowest BCUT2D eigenvalue weighted by atomic mass is 9.99. The molecule has 18 heavy (non-hydrogen) atoms. The Balaban J connectivity index is 2.08. The maximum absolute atomic E-state index is 9.84. The summed E-state index contributed by atoms with van der Waals surface area (Å²) in [5.74, 6) is 0.272. The van der Waals surface area contributed by atoms with Crippen molar-refractivity contribution < 1.29 is 10.2 Å². The van der Waals surface area contributed by atoms with E-state index in [1.807, 2.05) is 13.0 Å². The summed E-state index contributed by atoms with van der Waals surface area (Å²) < 4.78 is 0. The van der Waals surface area contributed by atoms with Crippen LogP contribution in [0.5, 0.6) is 5.75 Å². The lowest BCUT2D eigenvalue weighted by molar-refractivity contribution is 0.110. The SMILES string of the molecule is Cc1ccc(O)c(CN2CCCCC2CCO)n1. The molecule has 0 radical (unpaired) electrons. The van der Waals surface area contributed by atoms with Crippen molar-refractivity contribution in [2.75, 3.05) is 13.2 Å². The molecule has 4 nitrogen and oxygen atoms in total. The second kappa shape index (κ2) is 6.16. The van der Waals surface area contributed by atoms with Gasteiger partial charge in [-0.15, -0.1) is 0 Å². The van der Waals surface area contributed by atoms with Crippen LogP contribution in [0.2, 0.25) is 0 Å². The number of aromatic hydroxyl groups is 1. The molecular formula is C14H22N2O2. The van der Waals surface area contributed by atoms with E-state index in [0.29, 0.717) is 12.6 Å². The number of hydrogen-bond donors (Lipinski definition) is 2. The van der Waals surface area contributed by atoms with Gasteiger partial charge in [-0.25, -0.2) is 0 Å². The van der Waals surface area contributed by atoms with Gasteiger partial charge in [0.2, 0.25) is 0 Å². The Hall–Kier alpha value is -1.13. The Labute approximate surface area is 108 Å². The number of aryl methyl sites for hydroxylation is 1. The van der Waals surface area contributed by atoms with Gasteiger partial charge in [-0.2, -0.15) is 0 Å². The summed E-state index contributed by atoms with van der Waals surface area (Å²) in [7, 11) is 0. The molecule has 2 N–H and O–H groups in total. The van der Waals surface area contributed by atoms with E-state index in [-0.39, 0.29) is 12.4 Å². The van der Waals surface area contributed by atoms with Crippen molar-refractivity contribution in [2.45, 2.75) is 45.2 Å². The summed E-state index contributed by atoms with van der Waals surface area (Å²) >= 11 is 0. The second-order valence-electron chi connectivity index (χ2n) is 5.05. The van der Waals surface area contributed by atoms with Crippen molar-refractivity contribution in [1.29, 1.82) is 0 Å². The minimum atomic E-state index is 0.231. The van der Waals surface area contributed by atoms with Gasteiger partial charge in [-0.3, -0.25) is 9.88 Å². The summed E-state index contributed by atoms with van der Waals surface area (Å²) in [4.78, 5) is 6.74. The zero-order valence-corrected chi connectivity index (χ0v) is 11.0. The molecule has 100 valence electrons. The number of aliphatic hydroxyl groups excluding tert-OH is 1. The average Bonchev–Trinajstić information content (AvgIpc) is 2.36. The smallest absolute Gasteiger partial charge is 0.138 e. The molecule has 0 spiro atoms. The monoisotopic (exact) mass is 250 g/mol. The topological polar surface area (TPSA) is 56.6 Å². The minimum absolute atomic E-state index is 0.231. The van der Waals surface area contributed by atoms with Crippen LogP contribution in [0.25, 0.3) is 0 Å². The van der Waals surface area contributed by atoms with Gasteiger partial charge >= 0.3 is 0 Å². The van der Waals surface area contributed by atoms with E-state index in [1.165, 1.54) is 12.8 Å². The summed E-state index contributed by atoms with van der Waals surface area (Å²) in [5, 5.41) is 19.0. The standard InChI is InChI=1S/C14H22N2O2/c1-11-5-6-14(18)13(15-11)10-16-8-3-2-4-12(16)7-9-17/h5-6,12,17-18H,2-4,7-10H2,1H3. The summed E-state index contributed by atoms with van der Waals surface area (Å²) in [6.07, 6.45) is 4.36. The molecule has 1 saturated heterocycles. The largest absolute Gasteiger partial charge is 0.506 e. The van der Waals surface area contributed by atoms with Crippen molar-refractivity contribution in [1.82, 2.24) is 9.88 Å². The fourth-order valence-corrected chi connectivity index (χ4v) is 2.66. The van der Waals surface area contributed by atoms with Crippen LogP contribution in [0.15, 0.2) is 12.1 Å². The molecule has 1 atom stereocenters. The zero-order chi connectivity index (χ0) is 13.0. The van der Waals surface area contributed by atoms with Crippen molar-refractivity contribution >= 4 is 0 Å². The Bertz CT molecular complexity index is 393. The fraction of sp³-hybridized carbons (Fsp3) is 0.643. The lowest BCUT2D eigenvalue weighted by Gasteiger charge is -2.35. The average molecular weight is 250 g/mol. The van der Waals surface area contributed by atoms with Gasteiger partial charge in [-0.05, 0) is 44.9 Å². The van der Waals surface area contributed by atoms with E-state index in [0.717, 1.165) is 30.8 Å².